The van der Waals surface area contributed by atoms with Crippen LogP contribution in [0.5, 0.6) is 5.75 Å². The standard InChI is InChI=1S/C19H27N3O4S/c1-13-5-4-6-14(2)19(13)21-10-9-20-12-18(24)15-7-8-17(23)16(11-15)22-27(3,25)26/h4-8,11,18,20-24H,9-10,12H2,1-3H3. The molecule has 0 saturated heterocycles. The Balaban J connectivity index is 1.85. The first-order valence-corrected chi connectivity index (χ1v) is 10.6. The molecule has 0 spiro atoms. The van der Waals surface area contributed by atoms with Crippen LogP contribution >= 0.6 is 0 Å². The minimum Gasteiger partial charge on any atom is -0.506 e. The van der Waals surface area contributed by atoms with Gasteiger partial charge in [-0.1, -0.05) is 24.3 Å². The SMILES string of the molecule is Cc1cccc(C)c1NCCNCC(O)c1ccc(O)c(NS(C)(=O)=O)c1. The molecule has 27 heavy (non-hydrogen) atoms. The van der Waals surface area contributed by atoms with Gasteiger partial charge in [0.2, 0.25) is 10.0 Å². The number of benzene rings is 2. The van der Waals surface area contributed by atoms with Crippen molar-refractivity contribution in [2.24, 2.45) is 0 Å². The Hall–Kier alpha value is -2.29. The number of anilines is 2. The van der Waals surface area contributed by atoms with Crippen LogP contribution in [0.2, 0.25) is 0 Å². The van der Waals surface area contributed by atoms with E-state index in [1.54, 1.807) is 6.07 Å². The number of phenolic OH excluding ortho intramolecular Hbond substituents is 1. The molecule has 2 aromatic rings. The second kappa shape index (κ2) is 9.07. The Morgan fingerprint density at radius 2 is 1.74 bits per heavy atom. The number of aliphatic hydroxyl groups is 1. The molecule has 0 amide bonds. The maximum atomic E-state index is 11.3. The normalized spacial score (nSPS) is 12.6. The van der Waals surface area contributed by atoms with Crippen LogP contribution in [0.15, 0.2) is 36.4 Å². The van der Waals surface area contributed by atoms with Crippen molar-refractivity contribution < 1.29 is 18.6 Å². The quantitative estimate of drug-likeness (QED) is 0.330. The summed E-state index contributed by atoms with van der Waals surface area (Å²) in [5, 5.41) is 26.6. The number of phenols is 1. The number of aryl methyl sites for hydroxylation is 2. The van der Waals surface area contributed by atoms with E-state index in [1.807, 2.05) is 6.07 Å². The molecule has 8 heteroatoms. The first kappa shape index (κ1) is 21.0. The highest BCUT2D eigenvalue weighted by molar-refractivity contribution is 7.92. The van der Waals surface area contributed by atoms with Crippen molar-refractivity contribution >= 4 is 21.4 Å². The molecule has 2 rings (SSSR count). The Morgan fingerprint density at radius 3 is 2.37 bits per heavy atom. The Kier molecular flexibility index (Phi) is 7.06. The number of hydrogen-bond donors (Lipinski definition) is 5. The first-order chi connectivity index (χ1) is 12.7. The summed E-state index contributed by atoms with van der Waals surface area (Å²) in [7, 11) is -3.52. The van der Waals surface area contributed by atoms with Crippen molar-refractivity contribution in [2.45, 2.75) is 20.0 Å². The molecule has 0 heterocycles. The third-order valence-electron chi connectivity index (χ3n) is 4.12. The van der Waals surface area contributed by atoms with E-state index in [2.05, 4.69) is 41.3 Å². The van der Waals surface area contributed by atoms with Gasteiger partial charge in [-0.05, 0) is 42.7 Å². The molecular formula is C19H27N3O4S. The van der Waals surface area contributed by atoms with Crippen LogP contribution < -0.4 is 15.4 Å². The van der Waals surface area contributed by atoms with Crippen LogP contribution in [0.4, 0.5) is 11.4 Å². The summed E-state index contributed by atoms with van der Waals surface area (Å²) in [5.41, 5.74) is 4.05. The molecule has 148 valence electrons. The molecule has 0 bridgehead atoms. The Morgan fingerprint density at radius 1 is 1.07 bits per heavy atom. The minimum absolute atomic E-state index is 0.0470. The maximum absolute atomic E-state index is 11.3. The number of rotatable bonds is 9. The van der Waals surface area contributed by atoms with E-state index in [9.17, 15) is 18.6 Å². The summed E-state index contributed by atoms with van der Waals surface area (Å²) in [6.45, 7) is 5.77. The summed E-state index contributed by atoms with van der Waals surface area (Å²) < 4.78 is 24.9. The van der Waals surface area contributed by atoms with Gasteiger partial charge in [0, 0.05) is 25.3 Å². The van der Waals surface area contributed by atoms with E-state index in [4.69, 9.17) is 0 Å². The second-order valence-corrected chi connectivity index (χ2v) is 8.31. The van der Waals surface area contributed by atoms with Gasteiger partial charge in [-0.15, -0.1) is 0 Å². The van der Waals surface area contributed by atoms with E-state index in [0.29, 0.717) is 25.2 Å². The van der Waals surface area contributed by atoms with Crippen LogP contribution in [0.1, 0.15) is 22.8 Å². The third-order valence-corrected chi connectivity index (χ3v) is 4.71. The van der Waals surface area contributed by atoms with Gasteiger partial charge in [0.15, 0.2) is 0 Å². The van der Waals surface area contributed by atoms with Crippen molar-refractivity contribution in [3.05, 3.63) is 53.1 Å². The number of hydrogen-bond acceptors (Lipinski definition) is 6. The number of aliphatic hydroxyl groups excluding tert-OH is 1. The van der Waals surface area contributed by atoms with Gasteiger partial charge >= 0.3 is 0 Å². The highest BCUT2D eigenvalue weighted by Crippen LogP contribution is 2.27. The lowest BCUT2D eigenvalue weighted by Crippen LogP contribution is -2.27. The molecule has 0 aromatic heterocycles. The highest BCUT2D eigenvalue weighted by atomic mass is 32.2. The van der Waals surface area contributed by atoms with Crippen molar-refractivity contribution in [3.8, 4) is 5.75 Å². The first-order valence-electron chi connectivity index (χ1n) is 8.67. The van der Waals surface area contributed by atoms with Crippen LogP contribution in [-0.4, -0.2) is 44.5 Å². The van der Waals surface area contributed by atoms with Gasteiger partial charge in [0.1, 0.15) is 5.75 Å². The topological polar surface area (TPSA) is 111 Å². The summed E-state index contributed by atoms with van der Waals surface area (Å²) in [6.07, 6.45) is 0.172. The van der Waals surface area contributed by atoms with E-state index in [1.165, 1.54) is 23.3 Å². The lowest BCUT2D eigenvalue weighted by molar-refractivity contribution is 0.175. The van der Waals surface area contributed by atoms with Crippen molar-refractivity contribution in [1.29, 1.82) is 0 Å². The average Bonchev–Trinajstić information content (AvgIpc) is 2.57. The molecule has 1 unspecified atom stereocenters. The summed E-state index contributed by atoms with van der Waals surface area (Å²) in [5.74, 6) is -0.192. The maximum Gasteiger partial charge on any atom is 0.229 e. The zero-order chi connectivity index (χ0) is 20.0. The molecule has 2 aromatic carbocycles. The number of sulfonamides is 1. The summed E-state index contributed by atoms with van der Waals surface area (Å²) in [4.78, 5) is 0. The summed E-state index contributed by atoms with van der Waals surface area (Å²) >= 11 is 0. The molecule has 0 radical (unpaired) electrons. The smallest absolute Gasteiger partial charge is 0.229 e. The van der Waals surface area contributed by atoms with Gasteiger partial charge in [0.25, 0.3) is 0 Å². The van der Waals surface area contributed by atoms with Gasteiger partial charge in [0.05, 0.1) is 18.0 Å². The third kappa shape index (κ3) is 6.42. The molecule has 0 aliphatic carbocycles. The average molecular weight is 394 g/mol. The molecule has 0 fully saturated rings. The zero-order valence-corrected chi connectivity index (χ0v) is 16.6. The van der Waals surface area contributed by atoms with Crippen molar-refractivity contribution in [3.63, 3.8) is 0 Å². The van der Waals surface area contributed by atoms with E-state index < -0.39 is 16.1 Å². The molecule has 0 aliphatic heterocycles. The molecule has 5 N–H and O–H groups in total. The van der Waals surface area contributed by atoms with Crippen LogP contribution in [0.25, 0.3) is 0 Å². The van der Waals surface area contributed by atoms with Crippen LogP contribution in [-0.2, 0) is 10.0 Å². The van der Waals surface area contributed by atoms with Gasteiger partial charge in [-0.3, -0.25) is 4.72 Å². The predicted octanol–water partition coefficient (Wildman–Crippen LogP) is 2.12. The van der Waals surface area contributed by atoms with Crippen molar-refractivity contribution in [2.75, 3.05) is 35.9 Å². The Bertz CT molecular complexity index is 864. The lowest BCUT2D eigenvalue weighted by atomic mass is 10.1. The van der Waals surface area contributed by atoms with E-state index >= 15 is 0 Å². The van der Waals surface area contributed by atoms with E-state index in [-0.39, 0.29) is 11.4 Å². The molecule has 1 atom stereocenters. The number of aromatic hydroxyl groups is 1. The monoisotopic (exact) mass is 393 g/mol. The molecular weight excluding hydrogens is 366 g/mol. The molecule has 0 saturated carbocycles. The fourth-order valence-electron chi connectivity index (χ4n) is 2.77. The van der Waals surface area contributed by atoms with Gasteiger partial charge in [-0.2, -0.15) is 0 Å². The fourth-order valence-corrected chi connectivity index (χ4v) is 3.33. The fraction of sp³-hybridized carbons (Fsp3) is 0.368. The van der Waals surface area contributed by atoms with Crippen molar-refractivity contribution in [1.82, 2.24) is 5.32 Å². The number of nitrogens with one attached hydrogen (secondary N) is 3. The van der Waals surface area contributed by atoms with Gasteiger partial charge in [-0.25, -0.2) is 8.42 Å². The zero-order valence-electron chi connectivity index (χ0n) is 15.8. The molecule has 7 nitrogen and oxygen atoms in total. The number of para-hydroxylation sites is 1. The van der Waals surface area contributed by atoms with E-state index in [0.717, 1.165) is 11.9 Å². The summed E-state index contributed by atoms with van der Waals surface area (Å²) in [6, 6.07) is 10.5. The van der Waals surface area contributed by atoms with Crippen LogP contribution in [0.3, 0.4) is 0 Å². The largest absolute Gasteiger partial charge is 0.506 e. The highest BCUT2D eigenvalue weighted by Gasteiger charge is 2.12. The molecule has 0 aliphatic rings. The van der Waals surface area contributed by atoms with Crippen LogP contribution in [0, 0.1) is 13.8 Å². The Labute approximate surface area is 160 Å². The minimum atomic E-state index is -3.52. The van der Waals surface area contributed by atoms with Gasteiger partial charge < -0.3 is 20.8 Å². The predicted molar refractivity (Wildman–Crippen MR) is 109 cm³/mol. The lowest BCUT2D eigenvalue weighted by Gasteiger charge is -2.16. The second-order valence-electron chi connectivity index (χ2n) is 6.56.